The molecule has 0 radical (unpaired) electrons. The average molecular weight is 960 g/mol. The van der Waals surface area contributed by atoms with E-state index in [9.17, 15) is 28.8 Å². The van der Waals surface area contributed by atoms with Gasteiger partial charge in [-0.2, -0.15) is 0 Å². The predicted octanol–water partition coefficient (Wildman–Crippen LogP) is 6.81. The number of alkyl carbamates (subject to hydrolysis) is 2. The topological polar surface area (TPSA) is 239 Å². The third-order valence-electron chi connectivity index (χ3n) is 11.9. The summed E-state index contributed by atoms with van der Waals surface area (Å²) in [6.07, 6.45) is 0.0940. The molecule has 1 aliphatic carbocycles. The Bertz CT molecular complexity index is 2120. The van der Waals surface area contributed by atoms with Crippen LogP contribution in [0.25, 0.3) is 11.3 Å². The van der Waals surface area contributed by atoms with Crippen molar-refractivity contribution in [1.29, 1.82) is 0 Å². The molecule has 1 saturated carbocycles. The van der Waals surface area contributed by atoms with E-state index < -0.39 is 83.5 Å². The molecule has 69 heavy (non-hydrogen) atoms. The van der Waals surface area contributed by atoms with Gasteiger partial charge in [0.25, 0.3) is 12.2 Å². The van der Waals surface area contributed by atoms with Crippen LogP contribution in [0.5, 0.6) is 0 Å². The zero-order chi connectivity index (χ0) is 50.9. The van der Waals surface area contributed by atoms with Gasteiger partial charge < -0.3 is 45.4 Å². The number of benzene rings is 2. The van der Waals surface area contributed by atoms with E-state index in [-0.39, 0.29) is 31.3 Å². The van der Waals surface area contributed by atoms with E-state index in [0.29, 0.717) is 18.4 Å². The molecule has 18 heteroatoms. The zero-order valence-corrected chi connectivity index (χ0v) is 41.7. The molecule has 0 spiro atoms. The Hall–Kier alpha value is -6.27. The van der Waals surface area contributed by atoms with Gasteiger partial charge >= 0.3 is 24.3 Å². The normalized spacial score (nSPS) is 15.8. The molecule has 1 aliphatic rings. The Balaban J connectivity index is 1.85. The van der Waals surface area contributed by atoms with Crippen LogP contribution in [0.15, 0.2) is 79.0 Å². The number of methoxy groups -OCH3 is 2. The number of rotatable bonds is 20. The summed E-state index contributed by atoms with van der Waals surface area (Å²) in [5, 5.41) is 9.84. The van der Waals surface area contributed by atoms with Crippen LogP contribution >= 0.6 is 0 Å². The van der Waals surface area contributed by atoms with Gasteiger partial charge in [-0.05, 0) is 59.3 Å². The number of hydrogen-bond acceptors (Lipinski definition) is 14. The lowest BCUT2D eigenvalue weighted by atomic mass is 9.85. The van der Waals surface area contributed by atoms with Gasteiger partial charge in [0.1, 0.15) is 24.2 Å². The number of pyridine rings is 1. The summed E-state index contributed by atoms with van der Waals surface area (Å²) < 4.78 is 27.8. The molecule has 3 aromatic rings. The molecular weight excluding hydrogens is 887 g/mol. The number of carbonyl (C=O) groups excluding carboxylic acids is 6. The SMILES string of the molecule is COC(=O)N[C@H](C(=O)N[C@@H](Cc1ccccc1)[C@H](CN(Cc1ccc(-c2ccccn2)cc1)NC(=O)[C@@H](NC(=O)OC)C(C)(C)C)OC(=O)OC(OC(=O)[C@@H](N)C(C)C)C1CCCCC1)C(C)(C)C. The number of ether oxygens (including phenoxy) is 5. The van der Waals surface area contributed by atoms with E-state index in [1.54, 1.807) is 61.6 Å². The predicted molar refractivity (Wildman–Crippen MR) is 258 cm³/mol. The Morgan fingerprint density at radius 2 is 1.29 bits per heavy atom. The van der Waals surface area contributed by atoms with Crippen LogP contribution in [0.3, 0.4) is 0 Å². The first-order chi connectivity index (χ1) is 32.6. The van der Waals surface area contributed by atoms with E-state index in [0.717, 1.165) is 36.1 Å². The van der Waals surface area contributed by atoms with Gasteiger partial charge in [0.05, 0.1) is 32.5 Å². The van der Waals surface area contributed by atoms with Gasteiger partial charge in [0.15, 0.2) is 0 Å². The van der Waals surface area contributed by atoms with Crippen LogP contribution in [0, 0.1) is 22.7 Å². The lowest BCUT2D eigenvalue weighted by Gasteiger charge is -2.37. The zero-order valence-electron chi connectivity index (χ0n) is 41.7. The van der Waals surface area contributed by atoms with Crippen molar-refractivity contribution in [2.45, 2.75) is 137 Å². The van der Waals surface area contributed by atoms with Gasteiger partial charge in [-0.15, -0.1) is 0 Å². The smallest absolute Gasteiger partial charge is 0.453 e. The molecule has 1 heterocycles. The molecule has 18 nitrogen and oxygen atoms in total. The van der Waals surface area contributed by atoms with Crippen molar-refractivity contribution in [3.05, 3.63) is 90.1 Å². The summed E-state index contributed by atoms with van der Waals surface area (Å²) >= 11 is 0. The number of hydrazine groups is 1. The van der Waals surface area contributed by atoms with Crippen LogP contribution in [0.1, 0.15) is 98.6 Å². The molecule has 1 unspecified atom stereocenters. The van der Waals surface area contributed by atoms with Crippen LogP contribution in [0.4, 0.5) is 14.4 Å². The van der Waals surface area contributed by atoms with E-state index in [1.807, 2.05) is 72.8 Å². The molecule has 2 aromatic carbocycles. The summed E-state index contributed by atoms with van der Waals surface area (Å²) in [7, 11) is 2.38. The van der Waals surface area contributed by atoms with Crippen molar-refractivity contribution in [3.8, 4) is 11.3 Å². The fourth-order valence-corrected chi connectivity index (χ4v) is 7.82. The summed E-state index contributed by atoms with van der Waals surface area (Å²) in [6, 6.07) is 17.9. The number of aromatic nitrogens is 1. The van der Waals surface area contributed by atoms with Crippen molar-refractivity contribution in [1.82, 2.24) is 31.4 Å². The number of nitrogens with one attached hydrogen (secondary N) is 4. The monoisotopic (exact) mass is 960 g/mol. The van der Waals surface area contributed by atoms with E-state index >= 15 is 0 Å². The van der Waals surface area contributed by atoms with Crippen LogP contribution in [-0.2, 0) is 51.0 Å². The maximum atomic E-state index is 14.5. The third-order valence-corrected chi connectivity index (χ3v) is 11.9. The number of esters is 1. The molecule has 1 fully saturated rings. The Morgan fingerprint density at radius 1 is 0.710 bits per heavy atom. The summed E-state index contributed by atoms with van der Waals surface area (Å²) in [5.41, 5.74) is 10.5. The van der Waals surface area contributed by atoms with Crippen LogP contribution in [-0.4, -0.2) is 103 Å². The molecule has 4 amide bonds. The highest BCUT2D eigenvalue weighted by Crippen LogP contribution is 2.30. The highest BCUT2D eigenvalue weighted by atomic mass is 16.8. The number of nitrogens with zero attached hydrogens (tertiary/aromatic N) is 2. The number of nitrogens with two attached hydrogens (primary N) is 1. The van der Waals surface area contributed by atoms with Crippen molar-refractivity contribution in [3.63, 3.8) is 0 Å². The average Bonchev–Trinajstić information content (AvgIpc) is 3.31. The highest BCUT2D eigenvalue weighted by molar-refractivity contribution is 5.87. The largest absolute Gasteiger partial charge is 0.511 e. The van der Waals surface area contributed by atoms with Gasteiger partial charge in [0.2, 0.25) is 5.91 Å². The first-order valence-electron chi connectivity index (χ1n) is 23.5. The van der Waals surface area contributed by atoms with E-state index in [4.69, 9.17) is 29.4 Å². The maximum absolute atomic E-state index is 14.5. The van der Waals surface area contributed by atoms with Gasteiger partial charge in [0, 0.05) is 24.2 Å². The Kier molecular flexibility index (Phi) is 20.8. The Morgan fingerprint density at radius 3 is 1.83 bits per heavy atom. The molecule has 378 valence electrons. The number of carbonyl (C=O) groups is 6. The lowest BCUT2D eigenvalue weighted by molar-refractivity contribution is -0.188. The standard InChI is InChI=1S/C51H73N7O11/c1-32(2)40(52)45(61)68-46(36-21-15-12-16-22-36)69-49(64)67-39(38(29-33-19-13-11-14-20-33)54-43(59)41(50(3,4)5)55-47(62)65-9)31-58(57-44(60)42(51(6,7)8)56-48(63)66-10)30-34-24-26-35(27-25-34)37-23-17-18-28-53-37/h11,13-14,17-20,23-28,32,36,38-42,46H,12,15-16,21-22,29-31,52H2,1-10H3,(H,54,59)(H,55,62)(H,56,63)(H,57,60)/t38-,39-,40-,41+,42+,46?/m0/s1. The summed E-state index contributed by atoms with van der Waals surface area (Å²) in [6.45, 7) is 13.9. The van der Waals surface area contributed by atoms with Crippen molar-refractivity contribution in [2.75, 3.05) is 20.8 Å². The first-order valence-corrected chi connectivity index (χ1v) is 23.5. The van der Waals surface area contributed by atoms with Gasteiger partial charge in [-0.3, -0.25) is 24.8 Å². The minimum absolute atomic E-state index is 0.0220. The maximum Gasteiger partial charge on any atom is 0.511 e. The second-order valence-electron chi connectivity index (χ2n) is 19.9. The molecule has 0 aliphatic heterocycles. The molecule has 4 rings (SSSR count). The van der Waals surface area contributed by atoms with Gasteiger partial charge in [-0.1, -0.05) is 135 Å². The second kappa shape index (κ2) is 25.9. The molecule has 1 aromatic heterocycles. The van der Waals surface area contributed by atoms with Crippen LogP contribution < -0.4 is 27.1 Å². The Labute approximate surface area is 406 Å². The molecule has 6 atom stereocenters. The number of amides is 4. The van der Waals surface area contributed by atoms with Crippen molar-refractivity contribution >= 4 is 36.1 Å². The van der Waals surface area contributed by atoms with Gasteiger partial charge in [-0.25, -0.2) is 19.4 Å². The molecule has 0 saturated heterocycles. The molecular formula is C51H73N7O11. The minimum atomic E-state index is -1.34. The first kappa shape index (κ1) is 55.3. The fourth-order valence-electron chi connectivity index (χ4n) is 7.82. The molecule has 0 bridgehead atoms. The minimum Gasteiger partial charge on any atom is -0.453 e. The second-order valence-corrected chi connectivity index (χ2v) is 19.9. The quantitative estimate of drug-likeness (QED) is 0.0339. The van der Waals surface area contributed by atoms with E-state index in [2.05, 4.69) is 26.4 Å². The van der Waals surface area contributed by atoms with Crippen LogP contribution in [0.2, 0.25) is 0 Å². The van der Waals surface area contributed by atoms with Crippen molar-refractivity contribution in [2.24, 2.45) is 28.4 Å². The third kappa shape index (κ3) is 17.6. The molecule has 6 N–H and O–H groups in total. The highest BCUT2D eigenvalue weighted by Gasteiger charge is 2.40. The fraction of sp³-hybridized carbons (Fsp3) is 0.549. The summed E-state index contributed by atoms with van der Waals surface area (Å²) in [4.78, 5) is 86.4. The van der Waals surface area contributed by atoms with Crippen molar-refractivity contribution < 1.29 is 52.5 Å². The number of hydrogen-bond donors (Lipinski definition) is 5. The van der Waals surface area contributed by atoms with E-state index in [1.165, 1.54) is 19.2 Å². The lowest BCUT2D eigenvalue weighted by Crippen LogP contribution is -2.61. The summed E-state index contributed by atoms with van der Waals surface area (Å²) in [5.74, 6) is -2.58.